The third-order valence-electron chi connectivity index (χ3n) is 7.59. The van der Waals surface area contributed by atoms with Gasteiger partial charge < -0.3 is 4.90 Å². The van der Waals surface area contributed by atoms with E-state index in [1.807, 2.05) is 0 Å². The Labute approximate surface area is 202 Å². The van der Waals surface area contributed by atoms with Gasteiger partial charge in [-0.05, 0) is 89.9 Å². The second-order valence-electron chi connectivity index (χ2n) is 9.75. The van der Waals surface area contributed by atoms with Crippen LogP contribution in [0.25, 0.3) is 33.7 Å². The lowest BCUT2D eigenvalue weighted by atomic mass is 9.94. The maximum absolute atomic E-state index is 2.46. The number of allylic oxidation sites excluding steroid dienone is 2. The maximum atomic E-state index is 2.46. The number of pyridine rings is 1. The van der Waals surface area contributed by atoms with E-state index in [1.165, 1.54) is 50.5 Å². The molecule has 0 unspecified atom stereocenters. The first-order valence-electron chi connectivity index (χ1n) is 12.3. The summed E-state index contributed by atoms with van der Waals surface area (Å²) >= 11 is 0. The number of anilines is 1. The smallest absolute Gasteiger partial charge is 0.216 e. The highest BCUT2D eigenvalue weighted by Gasteiger charge is 2.32. The van der Waals surface area contributed by atoms with Crippen LogP contribution in [0.3, 0.4) is 0 Å². The molecule has 0 saturated heterocycles. The number of aryl methyl sites for hydroxylation is 1. The number of hydrogen-bond donors (Lipinski definition) is 0. The summed E-state index contributed by atoms with van der Waals surface area (Å²) < 4.78 is 2.41. The molecule has 168 valence electrons. The Kier molecular flexibility index (Phi) is 5.10. The van der Waals surface area contributed by atoms with Gasteiger partial charge in [-0.25, -0.2) is 0 Å². The summed E-state index contributed by atoms with van der Waals surface area (Å²) in [5.74, 6) is 0. The van der Waals surface area contributed by atoms with Crippen molar-refractivity contribution in [2.24, 2.45) is 7.05 Å². The lowest BCUT2D eigenvalue weighted by Gasteiger charge is -2.15. The van der Waals surface area contributed by atoms with Crippen molar-refractivity contribution in [1.82, 2.24) is 0 Å². The number of fused-ring (bicyclic) bond motifs is 2. The fourth-order valence-corrected chi connectivity index (χ4v) is 5.91. The van der Waals surface area contributed by atoms with Gasteiger partial charge in [0, 0.05) is 42.5 Å². The molecular weight excluding hydrogens is 412 g/mol. The van der Waals surface area contributed by atoms with Crippen molar-refractivity contribution < 1.29 is 4.57 Å². The monoisotopic (exact) mass is 443 g/mol. The molecule has 2 aliphatic carbocycles. The minimum Gasteiger partial charge on any atom is -0.378 e. The molecule has 0 amide bonds. The van der Waals surface area contributed by atoms with Crippen LogP contribution < -0.4 is 9.47 Å². The van der Waals surface area contributed by atoms with Gasteiger partial charge >= 0.3 is 0 Å². The van der Waals surface area contributed by atoms with Crippen molar-refractivity contribution in [3.8, 4) is 22.5 Å². The van der Waals surface area contributed by atoms with Crippen molar-refractivity contribution >= 4 is 16.8 Å². The Morgan fingerprint density at radius 1 is 0.647 bits per heavy atom. The molecule has 0 saturated carbocycles. The summed E-state index contributed by atoms with van der Waals surface area (Å²) in [7, 11) is 6.47. The topological polar surface area (TPSA) is 7.12 Å². The van der Waals surface area contributed by atoms with Crippen molar-refractivity contribution in [1.29, 1.82) is 0 Å². The number of aromatic nitrogens is 1. The molecule has 6 rings (SSSR count). The van der Waals surface area contributed by atoms with E-state index >= 15 is 0 Å². The minimum atomic E-state index is 1.10. The van der Waals surface area contributed by atoms with Gasteiger partial charge in [0.2, 0.25) is 11.4 Å². The van der Waals surface area contributed by atoms with Gasteiger partial charge in [-0.3, -0.25) is 0 Å². The second-order valence-corrected chi connectivity index (χ2v) is 9.75. The van der Waals surface area contributed by atoms with Gasteiger partial charge in [-0.2, -0.15) is 4.57 Å². The first-order valence-corrected chi connectivity index (χ1v) is 12.3. The van der Waals surface area contributed by atoms with Gasteiger partial charge in [0.25, 0.3) is 0 Å². The standard InChI is InChI=1S/C32H31N2/c1-33(2)25-15-17-26-24(20-25)14-16-27(26)28-18-19-29-30(28)21-31(22-10-6-4-7-11-22)34(3)32(29)23-12-8-5-9-13-23/h4-13,15,17,20-21H,14,16,18-19H2,1-3H3/q+1. The Bertz CT molecular complexity index is 1410. The summed E-state index contributed by atoms with van der Waals surface area (Å²) in [4.78, 5) is 2.20. The molecule has 0 radical (unpaired) electrons. The predicted octanol–water partition coefficient (Wildman–Crippen LogP) is 6.71. The zero-order valence-corrected chi connectivity index (χ0v) is 20.3. The molecule has 1 aromatic heterocycles. The van der Waals surface area contributed by atoms with E-state index < -0.39 is 0 Å². The summed E-state index contributed by atoms with van der Waals surface area (Å²) in [5, 5.41) is 0. The molecule has 4 aromatic rings. The summed E-state index contributed by atoms with van der Waals surface area (Å²) in [6, 6.07) is 31.2. The van der Waals surface area contributed by atoms with Gasteiger partial charge in [-0.15, -0.1) is 0 Å². The van der Waals surface area contributed by atoms with Crippen LogP contribution in [0, 0.1) is 0 Å². The molecule has 0 bridgehead atoms. The molecule has 2 aliphatic rings. The van der Waals surface area contributed by atoms with E-state index in [-0.39, 0.29) is 0 Å². The van der Waals surface area contributed by atoms with Crippen molar-refractivity contribution in [2.45, 2.75) is 25.7 Å². The zero-order valence-electron chi connectivity index (χ0n) is 20.3. The molecule has 0 spiro atoms. The highest BCUT2D eigenvalue weighted by atomic mass is 15.1. The van der Waals surface area contributed by atoms with Crippen LogP contribution >= 0.6 is 0 Å². The van der Waals surface area contributed by atoms with Crippen molar-refractivity contribution in [3.63, 3.8) is 0 Å². The number of rotatable bonds is 3. The molecule has 2 heteroatoms. The Morgan fingerprint density at radius 3 is 2.00 bits per heavy atom. The molecule has 3 aromatic carbocycles. The van der Waals surface area contributed by atoms with Gasteiger partial charge in [0.05, 0.1) is 0 Å². The van der Waals surface area contributed by atoms with Gasteiger partial charge in [0.15, 0.2) is 0 Å². The maximum Gasteiger partial charge on any atom is 0.216 e. The normalized spacial score (nSPS) is 16.4. The summed E-state index contributed by atoms with van der Waals surface area (Å²) in [5.41, 5.74) is 15.5. The van der Waals surface area contributed by atoms with E-state index in [0.29, 0.717) is 0 Å². The number of hydrogen-bond acceptors (Lipinski definition) is 1. The third-order valence-corrected chi connectivity index (χ3v) is 7.59. The Balaban J connectivity index is 1.59. The third kappa shape index (κ3) is 3.37. The molecule has 0 aliphatic heterocycles. The highest BCUT2D eigenvalue weighted by molar-refractivity contribution is 5.97. The predicted molar refractivity (Wildman–Crippen MR) is 143 cm³/mol. The molecular formula is C32H31N2+. The van der Waals surface area contributed by atoms with E-state index in [2.05, 4.69) is 116 Å². The number of benzene rings is 3. The van der Waals surface area contributed by atoms with E-state index in [9.17, 15) is 0 Å². The van der Waals surface area contributed by atoms with Crippen LogP contribution in [0.1, 0.15) is 35.1 Å². The largest absolute Gasteiger partial charge is 0.378 e. The van der Waals surface area contributed by atoms with E-state index in [0.717, 1.165) is 25.7 Å². The zero-order chi connectivity index (χ0) is 23.2. The molecule has 0 fully saturated rings. The van der Waals surface area contributed by atoms with Crippen LogP contribution in [0.2, 0.25) is 0 Å². The molecule has 1 heterocycles. The fourth-order valence-electron chi connectivity index (χ4n) is 5.91. The quantitative estimate of drug-likeness (QED) is 0.319. The second kappa shape index (κ2) is 8.29. The lowest BCUT2D eigenvalue weighted by Crippen LogP contribution is -2.35. The first-order chi connectivity index (χ1) is 16.6. The van der Waals surface area contributed by atoms with E-state index in [4.69, 9.17) is 0 Å². The first kappa shape index (κ1) is 20.9. The molecule has 34 heavy (non-hydrogen) atoms. The Hall–Kier alpha value is -3.65. The van der Waals surface area contributed by atoms with Crippen molar-refractivity contribution in [2.75, 3.05) is 19.0 Å². The minimum absolute atomic E-state index is 1.10. The van der Waals surface area contributed by atoms with Crippen molar-refractivity contribution in [3.05, 3.63) is 107 Å². The van der Waals surface area contributed by atoms with Crippen LogP contribution in [0.4, 0.5) is 5.69 Å². The van der Waals surface area contributed by atoms with Crippen LogP contribution in [0.5, 0.6) is 0 Å². The lowest BCUT2D eigenvalue weighted by molar-refractivity contribution is -0.649. The molecule has 2 nitrogen and oxygen atoms in total. The van der Waals surface area contributed by atoms with Gasteiger partial charge in [-0.1, -0.05) is 42.5 Å². The van der Waals surface area contributed by atoms with Crippen LogP contribution in [0.15, 0.2) is 84.9 Å². The van der Waals surface area contributed by atoms with E-state index in [1.54, 1.807) is 11.1 Å². The fraction of sp³-hybridized carbons (Fsp3) is 0.219. The summed E-state index contributed by atoms with van der Waals surface area (Å²) in [6.45, 7) is 0. The van der Waals surface area contributed by atoms with Gasteiger partial charge in [0.1, 0.15) is 7.05 Å². The molecule has 0 atom stereocenters. The average Bonchev–Trinajstić information content (AvgIpc) is 3.48. The Morgan fingerprint density at radius 2 is 1.29 bits per heavy atom. The average molecular weight is 444 g/mol. The van der Waals surface area contributed by atoms with Crippen LogP contribution in [-0.4, -0.2) is 14.1 Å². The SMILES string of the molecule is CN(C)c1ccc2c(c1)CC/C2=C1/CCc2c1cc(-c1ccccc1)[n+](C)c2-c1ccccc1. The number of nitrogens with zero attached hydrogens (tertiary/aromatic N) is 2. The van der Waals surface area contributed by atoms with Crippen LogP contribution in [-0.2, 0) is 19.9 Å². The molecule has 0 N–H and O–H groups in total. The summed E-state index contributed by atoms with van der Waals surface area (Å²) in [6.07, 6.45) is 4.51. The highest BCUT2D eigenvalue weighted by Crippen LogP contribution is 2.46.